The number of ether oxygens (including phenoxy) is 1. The van der Waals surface area contributed by atoms with Crippen LogP contribution in [0, 0.1) is 6.92 Å². The van der Waals surface area contributed by atoms with Gasteiger partial charge in [0.15, 0.2) is 5.69 Å². The minimum atomic E-state index is -0.462. The SMILES string of the molecule is COC(=O)c1c(NC(=O)CN2CCN(C)CC2)c2cc(C)ccc2n1C. The minimum absolute atomic E-state index is 0.117. The van der Waals surface area contributed by atoms with Gasteiger partial charge in [0.2, 0.25) is 5.91 Å². The fourth-order valence-corrected chi connectivity index (χ4v) is 3.41. The van der Waals surface area contributed by atoms with E-state index >= 15 is 0 Å². The molecule has 7 heteroatoms. The summed E-state index contributed by atoms with van der Waals surface area (Å²) in [5.41, 5.74) is 2.83. The molecule has 1 aliphatic heterocycles. The van der Waals surface area contributed by atoms with Crippen molar-refractivity contribution in [2.75, 3.05) is 52.2 Å². The van der Waals surface area contributed by atoms with E-state index in [0.29, 0.717) is 17.9 Å². The Balaban J connectivity index is 1.89. The normalized spacial score (nSPS) is 16.0. The topological polar surface area (TPSA) is 66.8 Å². The predicted molar refractivity (Wildman–Crippen MR) is 102 cm³/mol. The van der Waals surface area contributed by atoms with Gasteiger partial charge in [-0.05, 0) is 26.1 Å². The van der Waals surface area contributed by atoms with E-state index in [2.05, 4.69) is 22.2 Å². The smallest absolute Gasteiger partial charge is 0.356 e. The summed E-state index contributed by atoms with van der Waals surface area (Å²) < 4.78 is 6.70. The molecule has 2 heterocycles. The van der Waals surface area contributed by atoms with Crippen LogP contribution in [0.15, 0.2) is 18.2 Å². The van der Waals surface area contributed by atoms with Crippen molar-refractivity contribution >= 4 is 28.5 Å². The van der Waals surface area contributed by atoms with Gasteiger partial charge < -0.3 is 19.5 Å². The number of piperazine rings is 1. The zero-order chi connectivity index (χ0) is 18.8. The molecule has 0 bridgehead atoms. The molecule has 1 fully saturated rings. The number of hydrogen-bond acceptors (Lipinski definition) is 5. The van der Waals surface area contributed by atoms with E-state index in [1.54, 1.807) is 11.6 Å². The molecule has 1 aliphatic rings. The first-order valence-corrected chi connectivity index (χ1v) is 8.78. The van der Waals surface area contributed by atoms with Gasteiger partial charge in [-0.3, -0.25) is 9.69 Å². The lowest BCUT2D eigenvalue weighted by atomic mass is 10.1. The highest BCUT2D eigenvalue weighted by Gasteiger charge is 2.24. The third kappa shape index (κ3) is 3.59. The summed E-state index contributed by atoms with van der Waals surface area (Å²) in [4.78, 5) is 29.3. The molecule has 1 aromatic carbocycles. The molecule has 0 saturated carbocycles. The van der Waals surface area contributed by atoms with Crippen LogP contribution in [0.25, 0.3) is 10.9 Å². The molecular weight excluding hydrogens is 332 g/mol. The van der Waals surface area contributed by atoms with Crippen molar-refractivity contribution < 1.29 is 14.3 Å². The van der Waals surface area contributed by atoms with Crippen LogP contribution in [0.1, 0.15) is 16.1 Å². The Hall–Kier alpha value is -2.38. The number of nitrogens with one attached hydrogen (secondary N) is 1. The van der Waals surface area contributed by atoms with Crippen molar-refractivity contribution in [1.29, 1.82) is 0 Å². The van der Waals surface area contributed by atoms with Crippen LogP contribution in [0.4, 0.5) is 5.69 Å². The summed E-state index contributed by atoms with van der Waals surface area (Å²) in [6.45, 7) is 5.93. The van der Waals surface area contributed by atoms with Crippen LogP contribution in [0.3, 0.4) is 0 Å². The average Bonchev–Trinajstić information content (AvgIpc) is 2.87. The highest BCUT2D eigenvalue weighted by Crippen LogP contribution is 2.31. The fourth-order valence-electron chi connectivity index (χ4n) is 3.41. The highest BCUT2D eigenvalue weighted by molar-refractivity contribution is 6.11. The van der Waals surface area contributed by atoms with Crippen LogP contribution in [-0.4, -0.2) is 73.1 Å². The fraction of sp³-hybridized carbons (Fsp3) is 0.474. The van der Waals surface area contributed by atoms with E-state index in [0.717, 1.165) is 42.6 Å². The number of fused-ring (bicyclic) bond motifs is 1. The summed E-state index contributed by atoms with van der Waals surface area (Å²) in [6.07, 6.45) is 0. The standard InChI is InChI=1S/C19H26N4O3/c1-13-5-6-15-14(11-13)17(18(22(15)3)19(25)26-4)20-16(24)12-23-9-7-21(2)8-10-23/h5-6,11H,7-10,12H2,1-4H3,(H,20,24). The summed E-state index contributed by atoms with van der Waals surface area (Å²) in [5.74, 6) is -0.579. The number of rotatable bonds is 4. The third-order valence-electron chi connectivity index (χ3n) is 4.96. The lowest BCUT2D eigenvalue weighted by Gasteiger charge is -2.31. The molecule has 0 atom stereocenters. The van der Waals surface area contributed by atoms with Crippen molar-refractivity contribution in [3.63, 3.8) is 0 Å². The molecular formula is C19H26N4O3. The first kappa shape index (κ1) is 18.4. The van der Waals surface area contributed by atoms with Crippen molar-refractivity contribution in [2.45, 2.75) is 6.92 Å². The molecule has 0 spiro atoms. The van der Waals surface area contributed by atoms with Crippen molar-refractivity contribution in [2.24, 2.45) is 7.05 Å². The summed E-state index contributed by atoms with van der Waals surface area (Å²) in [6, 6.07) is 5.92. The van der Waals surface area contributed by atoms with Crippen molar-refractivity contribution in [3.8, 4) is 0 Å². The maximum atomic E-state index is 12.6. The number of anilines is 1. The first-order chi connectivity index (χ1) is 12.4. The van der Waals surface area contributed by atoms with Crippen molar-refractivity contribution in [1.82, 2.24) is 14.4 Å². The Bertz CT molecular complexity index is 835. The molecule has 0 unspecified atom stereocenters. The number of nitrogens with zero attached hydrogens (tertiary/aromatic N) is 3. The van der Waals surface area contributed by atoms with E-state index in [4.69, 9.17) is 4.74 Å². The summed E-state index contributed by atoms with van der Waals surface area (Å²) in [7, 11) is 5.24. The average molecular weight is 358 g/mol. The predicted octanol–water partition coefficient (Wildman–Crippen LogP) is 1.46. The molecule has 26 heavy (non-hydrogen) atoms. The lowest BCUT2D eigenvalue weighted by Crippen LogP contribution is -2.47. The van der Waals surface area contributed by atoms with E-state index in [1.807, 2.05) is 25.1 Å². The Labute approximate surface area is 153 Å². The number of carbonyl (C=O) groups is 2. The largest absolute Gasteiger partial charge is 0.464 e. The summed E-state index contributed by atoms with van der Waals surface area (Å²) in [5, 5.41) is 3.81. The zero-order valence-corrected chi connectivity index (χ0v) is 15.8. The highest BCUT2D eigenvalue weighted by atomic mass is 16.5. The van der Waals surface area contributed by atoms with Crippen molar-refractivity contribution in [3.05, 3.63) is 29.5 Å². The molecule has 3 rings (SSSR count). The summed E-state index contributed by atoms with van der Waals surface area (Å²) >= 11 is 0. The number of likely N-dealkylation sites (N-methyl/N-ethyl adjacent to an activating group) is 1. The van der Waals surface area contributed by atoms with Gasteiger partial charge in [0.1, 0.15) is 0 Å². The van der Waals surface area contributed by atoms with Gasteiger partial charge in [-0.2, -0.15) is 0 Å². The van der Waals surface area contributed by atoms with Gasteiger partial charge in [-0.25, -0.2) is 4.79 Å². The number of esters is 1. The van der Waals surface area contributed by atoms with E-state index in [9.17, 15) is 9.59 Å². The van der Waals surface area contributed by atoms with Gasteiger partial charge in [0.05, 0.1) is 24.9 Å². The molecule has 2 aromatic rings. The molecule has 140 valence electrons. The second-order valence-electron chi connectivity index (χ2n) is 6.92. The van der Waals surface area contributed by atoms with Gasteiger partial charge in [0.25, 0.3) is 0 Å². The van der Waals surface area contributed by atoms with E-state index in [-0.39, 0.29) is 5.91 Å². The molecule has 1 N–H and O–H groups in total. The number of aromatic nitrogens is 1. The van der Waals surface area contributed by atoms with Crippen LogP contribution in [-0.2, 0) is 16.6 Å². The van der Waals surface area contributed by atoms with Crippen LogP contribution in [0.5, 0.6) is 0 Å². The second kappa shape index (κ2) is 7.47. The second-order valence-corrected chi connectivity index (χ2v) is 6.92. The number of aryl methyl sites for hydroxylation is 2. The molecule has 7 nitrogen and oxygen atoms in total. The molecule has 0 radical (unpaired) electrons. The molecule has 1 saturated heterocycles. The van der Waals surface area contributed by atoms with Crippen LogP contribution >= 0.6 is 0 Å². The van der Waals surface area contributed by atoms with Gasteiger partial charge in [-0.1, -0.05) is 11.6 Å². The number of amides is 1. The van der Waals surface area contributed by atoms with E-state index in [1.165, 1.54) is 7.11 Å². The van der Waals surface area contributed by atoms with Crippen LogP contribution < -0.4 is 5.32 Å². The third-order valence-corrected chi connectivity index (χ3v) is 4.96. The van der Waals surface area contributed by atoms with E-state index < -0.39 is 5.97 Å². The number of carbonyl (C=O) groups excluding carboxylic acids is 2. The lowest BCUT2D eigenvalue weighted by molar-refractivity contribution is -0.117. The Kier molecular flexibility index (Phi) is 5.29. The maximum Gasteiger partial charge on any atom is 0.356 e. The zero-order valence-electron chi connectivity index (χ0n) is 15.8. The quantitative estimate of drug-likeness (QED) is 0.838. The molecule has 1 amide bonds. The number of benzene rings is 1. The maximum absolute atomic E-state index is 12.6. The minimum Gasteiger partial charge on any atom is -0.464 e. The number of hydrogen-bond donors (Lipinski definition) is 1. The van der Waals surface area contributed by atoms with Gasteiger partial charge >= 0.3 is 5.97 Å². The Morgan fingerprint density at radius 2 is 1.85 bits per heavy atom. The van der Waals surface area contributed by atoms with Crippen LogP contribution in [0.2, 0.25) is 0 Å². The molecule has 1 aromatic heterocycles. The molecule has 0 aliphatic carbocycles. The Morgan fingerprint density at radius 3 is 2.50 bits per heavy atom. The van der Waals surface area contributed by atoms with Gasteiger partial charge in [-0.15, -0.1) is 0 Å². The number of methoxy groups -OCH3 is 1. The Morgan fingerprint density at radius 1 is 1.15 bits per heavy atom. The monoisotopic (exact) mass is 358 g/mol. The van der Waals surface area contributed by atoms with Gasteiger partial charge in [0, 0.05) is 38.6 Å². The first-order valence-electron chi connectivity index (χ1n) is 8.78.